The molecule has 0 N–H and O–H groups in total. The zero-order valence-corrected chi connectivity index (χ0v) is 13.6. The minimum atomic E-state index is -0.278. The Morgan fingerprint density at radius 2 is 2.05 bits per heavy atom. The van der Waals surface area contributed by atoms with E-state index < -0.39 is 0 Å². The van der Waals surface area contributed by atoms with Crippen LogP contribution < -0.4 is 0 Å². The first-order valence-electron chi connectivity index (χ1n) is 6.09. The molecule has 5 heteroatoms. The van der Waals surface area contributed by atoms with Crippen LogP contribution in [0.25, 0.3) is 16.7 Å². The van der Waals surface area contributed by atoms with Gasteiger partial charge in [0.15, 0.2) is 0 Å². The smallest absolute Gasteiger partial charge is 0.147 e. The lowest BCUT2D eigenvalue weighted by atomic mass is 10.2. The van der Waals surface area contributed by atoms with E-state index in [1.54, 1.807) is 10.6 Å². The van der Waals surface area contributed by atoms with Crippen LogP contribution >= 0.6 is 34.2 Å². The number of hydrogen-bond donors (Lipinski definition) is 0. The van der Waals surface area contributed by atoms with Crippen LogP contribution in [0, 0.1) is 16.3 Å². The molecule has 0 unspecified atom stereocenters. The van der Waals surface area contributed by atoms with Crippen molar-refractivity contribution >= 4 is 45.2 Å². The summed E-state index contributed by atoms with van der Waals surface area (Å²) in [4.78, 5) is 4.50. The Kier molecular flexibility index (Phi) is 3.69. The molecule has 3 rings (SSSR count). The topological polar surface area (TPSA) is 17.8 Å². The molecule has 0 fully saturated rings. The summed E-state index contributed by atoms with van der Waals surface area (Å²) >= 11 is 8.21. The van der Waals surface area contributed by atoms with Crippen molar-refractivity contribution in [1.82, 2.24) is 9.55 Å². The van der Waals surface area contributed by atoms with E-state index in [0.717, 1.165) is 20.2 Å². The number of aromatic nitrogens is 2. The second-order valence-corrected chi connectivity index (χ2v) is 6.10. The highest BCUT2D eigenvalue weighted by Crippen LogP contribution is 2.26. The van der Waals surface area contributed by atoms with Gasteiger partial charge in [-0.2, -0.15) is 0 Å². The van der Waals surface area contributed by atoms with Crippen molar-refractivity contribution in [2.24, 2.45) is 0 Å². The second kappa shape index (κ2) is 5.33. The van der Waals surface area contributed by atoms with Crippen LogP contribution in [0.3, 0.4) is 0 Å². The minimum Gasteiger partial charge on any atom is -0.292 e. The third-order valence-electron chi connectivity index (χ3n) is 3.15. The number of alkyl halides is 1. The zero-order chi connectivity index (χ0) is 14.3. The molecule has 20 heavy (non-hydrogen) atoms. The molecular formula is C15H11ClFIN2. The molecule has 0 aliphatic heterocycles. The molecule has 1 heterocycles. The SMILES string of the molecule is Cc1ccc(F)c(-n2c(CCl)nc3cc(I)ccc32)c1. The fraction of sp³-hybridized carbons (Fsp3) is 0.133. The van der Waals surface area contributed by atoms with Crippen molar-refractivity contribution in [2.45, 2.75) is 12.8 Å². The van der Waals surface area contributed by atoms with Crippen molar-refractivity contribution in [3.05, 3.63) is 57.2 Å². The fourth-order valence-electron chi connectivity index (χ4n) is 2.26. The molecule has 2 nitrogen and oxygen atoms in total. The maximum atomic E-state index is 14.2. The zero-order valence-electron chi connectivity index (χ0n) is 10.7. The summed E-state index contributed by atoms with van der Waals surface area (Å²) < 4.78 is 17.0. The van der Waals surface area contributed by atoms with Gasteiger partial charge in [-0.15, -0.1) is 11.6 Å². The Hall–Kier alpha value is -1.14. The van der Waals surface area contributed by atoms with E-state index >= 15 is 0 Å². The highest BCUT2D eigenvalue weighted by molar-refractivity contribution is 14.1. The molecule has 2 aromatic carbocycles. The molecule has 0 saturated carbocycles. The van der Waals surface area contributed by atoms with E-state index in [1.807, 2.05) is 31.2 Å². The van der Waals surface area contributed by atoms with E-state index in [0.29, 0.717) is 11.5 Å². The summed E-state index contributed by atoms with van der Waals surface area (Å²) in [5, 5.41) is 0. The maximum absolute atomic E-state index is 14.2. The molecule has 0 aliphatic rings. The quantitative estimate of drug-likeness (QED) is 0.446. The Morgan fingerprint density at radius 3 is 2.80 bits per heavy atom. The standard InChI is InChI=1S/C15H11ClFIN2/c1-9-2-4-11(17)14(6-9)20-13-5-3-10(18)7-12(13)19-15(20)8-16/h2-7H,8H2,1H3. The average molecular weight is 401 g/mol. The Bertz CT molecular complexity index is 798. The number of benzene rings is 2. The van der Waals surface area contributed by atoms with Gasteiger partial charge in [-0.05, 0) is 65.4 Å². The number of rotatable bonds is 2. The normalized spacial score (nSPS) is 11.2. The van der Waals surface area contributed by atoms with Gasteiger partial charge in [-0.3, -0.25) is 4.57 Å². The van der Waals surface area contributed by atoms with Gasteiger partial charge in [0.05, 0.1) is 22.6 Å². The van der Waals surface area contributed by atoms with E-state index in [4.69, 9.17) is 11.6 Å². The highest BCUT2D eigenvalue weighted by Gasteiger charge is 2.15. The number of fused-ring (bicyclic) bond motifs is 1. The first-order valence-corrected chi connectivity index (χ1v) is 7.71. The van der Waals surface area contributed by atoms with Crippen LogP contribution in [0.1, 0.15) is 11.4 Å². The number of imidazole rings is 1. The summed E-state index contributed by atoms with van der Waals surface area (Å²) in [5.74, 6) is 0.603. The van der Waals surface area contributed by atoms with Gasteiger partial charge in [0.1, 0.15) is 11.6 Å². The third-order valence-corrected chi connectivity index (χ3v) is 4.06. The van der Waals surface area contributed by atoms with Gasteiger partial charge in [0.25, 0.3) is 0 Å². The lowest BCUT2D eigenvalue weighted by Crippen LogP contribution is -2.02. The predicted octanol–water partition coefficient (Wildman–Crippen LogP) is 4.82. The van der Waals surface area contributed by atoms with Crippen molar-refractivity contribution in [2.75, 3.05) is 0 Å². The van der Waals surface area contributed by atoms with E-state index in [-0.39, 0.29) is 11.7 Å². The van der Waals surface area contributed by atoms with Crippen molar-refractivity contribution in [1.29, 1.82) is 0 Å². The van der Waals surface area contributed by atoms with Crippen LogP contribution in [-0.2, 0) is 5.88 Å². The fourth-order valence-corrected chi connectivity index (χ4v) is 2.91. The maximum Gasteiger partial charge on any atom is 0.147 e. The molecule has 102 valence electrons. The van der Waals surface area contributed by atoms with Crippen LogP contribution in [0.4, 0.5) is 4.39 Å². The van der Waals surface area contributed by atoms with Gasteiger partial charge in [-0.1, -0.05) is 6.07 Å². The number of aryl methyl sites for hydroxylation is 1. The number of halogens is 3. The van der Waals surface area contributed by atoms with Gasteiger partial charge in [0.2, 0.25) is 0 Å². The van der Waals surface area contributed by atoms with Crippen LogP contribution in [-0.4, -0.2) is 9.55 Å². The van der Waals surface area contributed by atoms with Crippen LogP contribution in [0.2, 0.25) is 0 Å². The van der Waals surface area contributed by atoms with Crippen molar-refractivity contribution < 1.29 is 4.39 Å². The van der Waals surface area contributed by atoms with E-state index in [2.05, 4.69) is 27.6 Å². The van der Waals surface area contributed by atoms with E-state index in [1.165, 1.54) is 6.07 Å². The lowest BCUT2D eigenvalue weighted by molar-refractivity contribution is 0.617. The summed E-state index contributed by atoms with van der Waals surface area (Å²) in [6, 6.07) is 10.9. The van der Waals surface area contributed by atoms with Crippen molar-refractivity contribution in [3.63, 3.8) is 0 Å². The summed E-state index contributed by atoms with van der Waals surface area (Å²) in [5.41, 5.74) is 3.18. The van der Waals surface area contributed by atoms with Crippen LogP contribution in [0.15, 0.2) is 36.4 Å². The molecule has 0 aliphatic carbocycles. The van der Waals surface area contributed by atoms with Gasteiger partial charge in [-0.25, -0.2) is 9.37 Å². The first-order chi connectivity index (χ1) is 9.60. The van der Waals surface area contributed by atoms with Gasteiger partial charge >= 0.3 is 0 Å². The lowest BCUT2D eigenvalue weighted by Gasteiger charge is -2.10. The monoisotopic (exact) mass is 400 g/mol. The summed E-state index contributed by atoms with van der Waals surface area (Å²) in [6.07, 6.45) is 0. The largest absolute Gasteiger partial charge is 0.292 e. The van der Waals surface area contributed by atoms with Gasteiger partial charge in [0, 0.05) is 3.57 Å². The molecular weight excluding hydrogens is 390 g/mol. The molecule has 0 saturated heterocycles. The van der Waals surface area contributed by atoms with Crippen molar-refractivity contribution in [3.8, 4) is 5.69 Å². The average Bonchev–Trinajstić information content (AvgIpc) is 2.78. The number of hydrogen-bond acceptors (Lipinski definition) is 1. The molecule has 0 amide bonds. The predicted molar refractivity (Wildman–Crippen MR) is 88.0 cm³/mol. The highest BCUT2D eigenvalue weighted by atomic mass is 127. The Balaban J connectivity index is 2.37. The molecule has 1 aromatic heterocycles. The van der Waals surface area contributed by atoms with Crippen LogP contribution in [0.5, 0.6) is 0 Å². The molecule has 0 spiro atoms. The molecule has 0 radical (unpaired) electrons. The molecule has 3 aromatic rings. The third kappa shape index (κ3) is 2.31. The van der Waals surface area contributed by atoms with Gasteiger partial charge < -0.3 is 0 Å². The Labute approximate surface area is 134 Å². The summed E-state index contributed by atoms with van der Waals surface area (Å²) in [7, 11) is 0. The Morgan fingerprint density at radius 1 is 1.25 bits per heavy atom. The summed E-state index contributed by atoms with van der Waals surface area (Å²) in [6.45, 7) is 1.94. The second-order valence-electron chi connectivity index (χ2n) is 4.58. The minimum absolute atomic E-state index is 0.235. The van der Waals surface area contributed by atoms with E-state index in [9.17, 15) is 4.39 Å². The first kappa shape index (κ1) is 13.8. The molecule has 0 atom stereocenters. The number of nitrogens with zero attached hydrogens (tertiary/aromatic N) is 2. The molecule has 0 bridgehead atoms.